The van der Waals surface area contributed by atoms with Gasteiger partial charge in [-0.3, -0.25) is 14.3 Å². The van der Waals surface area contributed by atoms with Crippen LogP contribution in [0.1, 0.15) is 62.5 Å². The average molecular weight is 448 g/mol. The van der Waals surface area contributed by atoms with Crippen molar-refractivity contribution in [2.75, 3.05) is 5.32 Å². The number of hydrogen-bond donors (Lipinski definition) is 2. The number of nitrogens with one attached hydrogen (secondary N) is 2. The largest absolute Gasteiger partial charge is 0.339 e. The fourth-order valence-corrected chi connectivity index (χ4v) is 3.87. The van der Waals surface area contributed by atoms with Crippen LogP contribution < -0.4 is 10.6 Å². The van der Waals surface area contributed by atoms with Crippen molar-refractivity contribution >= 4 is 33.6 Å². The highest BCUT2D eigenvalue weighted by Crippen LogP contribution is 2.27. The van der Waals surface area contributed by atoms with E-state index in [0.717, 1.165) is 30.2 Å². The Bertz CT molecular complexity index is 812. The lowest BCUT2D eigenvalue weighted by molar-refractivity contribution is -0.119. The summed E-state index contributed by atoms with van der Waals surface area (Å²) in [5.41, 5.74) is 0.463. The molecule has 1 aliphatic carbocycles. The topological polar surface area (TPSA) is 88.9 Å². The summed E-state index contributed by atoms with van der Waals surface area (Å²) >= 11 is 3.34. The SMILES string of the molecule is CC(C)n1nccc1C(=O)NC(C(=O)Nc1ccc(Br)cn1)C1CCCCC1. The van der Waals surface area contributed by atoms with Crippen molar-refractivity contribution in [3.8, 4) is 0 Å². The maximum Gasteiger partial charge on any atom is 0.270 e. The molecule has 2 heterocycles. The van der Waals surface area contributed by atoms with Gasteiger partial charge < -0.3 is 10.6 Å². The minimum atomic E-state index is -0.603. The Morgan fingerprint density at radius 3 is 2.57 bits per heavy atom. The molecule has 8 heteroatoms. The van der Waals surface area contributed by atoms with E-state index in [9.17, 15) is 9.59 Å². The van der Waals surface area contributed by atoms with E-state index in [4.69, 9.17) is 0 Å². The van der Waals surface area contributed by atoms with Crippen molar-refractivity contribution in [1.82, 2.24) is 20.1 Å². The molecule has 0 radical (unpaired) electrons. The summed E-state index contributed by atoms with van der Waals surface area (Å²) in [6.07, 6.45) is 8.41. The minimum Gasteiger partial charge on any atom is -0.339 e. The van der Waals surface area contributed by atoms with Crippen LogP contribution in [0.5, 0.6) is 0 Å². The number of rotatable bonds is 6. The lowest BCUT2D eigenvalue weighted by atomic mass is 9.83. The summed E-state index contributed by atoms with van der Waals surface area (Å²) in [7, 11) is 0. The predicted octanol–water partition coefficient (Wildman–Crippen LogP) is 3.94. The molecule has 150 valence electrons. The van der Waals surface area contributed by atoms with Gasteiger partial charge in [-0.1, -0.05) is 19.3 Å². The van der Waals surface area contributed by atoms with E-state index >= 15 is 0 Å². The zero-order chi connectivity index (χ0) is 20.1. The van der Waals surface area contributed by atoms with E-state index in [1.54, 1.807) is 29.2 Å². The first kappa shape index (κ1) is 20.5. The Kier molecular flexibility index (Phi) is 6.83. The van der Waals surface area contributed by atoms with Gasteiger partial charge in [0.1, 0.15) is 17.6 Å². The van der Waals surface area contributed by atoms with Crippen LogP contribution in [0.4, 0.5) is 5.82 Å². The number of carbonyl (C=O) groups excluding carboxylic acids is 2. The number of carbonyl (C=O) groups is 2. The molecule has 0 spiro atoms. The van der Waals surface area contributed by atoms with Gasteiger partial charge in [-0.2, -0.15) is 5.10 Å². The van der Waals surface area contributed by atoms with E-state index in [0.29, 0.717) is 11.5 Å². The highest BCUT2D eigenvalue weighted by molar-refractivity contribution is 9.10. The van der Waals surface area contributed by atoms with E-state index in [1.807, 2.05) is 19.9 Å². The molecule has 0 bridgehead atoms. The monoisotopic (exact) mass is 447 g/mol. The lowest BCUT2D eigenvalue weighted by Crippen LogP contribution is -2.49. The predicted molar refractivity (Wildman–Crippen MR) is 111 cm³/mol. The maximum absolute atomic E-state index is 13.0. The normalized spacial score (nSPS) is 16.0. The summed E-state index contributed by atoms with van der Waals surface area (Å²) in [5.74, 6) is 0.0745. The lowest BCUT2D eigenvalue weighted by Gasteiger charge is -2.30. The van der Waals surface area contributed by atoms with Crippen LogP contribution in [0.15, 0.2) is 35.1 Å². The average Bonchev–Trinajstić information content (AvgIpc) is 3.19. The number of hydrogen-bond acceptors (Lipinski definition) is 4. The highest BCUT2D eigenvalue weighted by atomic mass is 79.9. The molecule has 2 aromatic rings. The Balaban J connectivity index is 1.78. The summed E-state index contributed by atoms with van der Waals surface area (Å²) < 4.78 is 2.51. The third-order valence-electron chi connectivity index (χ3n) is 5.06. The molecule has 28 heavy (non-hydrogen) atoms. The van der Waals surface area contributed by atoms with Crippen LogP contribution in [-0.2, 0) is 4.79 Å². The van der Waals surface area contributed by atoms with E-state index in [-0.39, 0.29) is 23.8 Å². The molecule has 1 unspecified atom stereocenters. The summed E-state index contributed by atoms with van der Waals surface area (Å²) in [4.78, 5) is 30.1. The van der Waals surface area contributed by atoms with Crippen molar-refractivity contribution in [3.63, 3.8) is 0 Å². The van der Waals surface area contributed by atoms with Crippen molar-refractivity contribution in [2.24, 2.45) is 5.92 Å². The molecule has 0 aliphatic heterocycles. The van der Waals surface area contributed by atoms with Crippen LogP contribution in [0.3, 0.4) is 0 Å². The molecule has 3 rings (SSSR count). The van der Waals surface area contributed by atoms with Gasteiger partial charge in [0.05, 0.1) is 0 Å². The number of pyridine rings is 1. The van der Waals surface area contributed by atoms with Gasteiger partial charge in [-0.15, -0.1) is 0 Å². The first-order valence-corrected chi connectivity index (χ1v) is 10.5. The zero-order valence-electron chi connectivity index (χ0n) is 16.2. The molecule has 2 amide bonds. The summed E-state index contributed by atoms with van der Waals surface area (Å²) in [6, 6.07) is 4.69. The van der Waals surface area contributed by atoms with Crippen LogP contribution in [0.25, 0.3) is 0 Å². The molecule has 1 atom stereocenters. The number of halogens is 1. The molecule has 1 fully saturated rings. The van der Waals surface area contributed by atoms with Crippen LogP contribution >= 0.6 is 15.9 Å². The van der Waals surface area contributed by atoms with Crippen molar-refractivity contribution in [2.45, 2.75) is 58.0 Å². The van der Waals surface area contributed by atoms with E-state index in [1.165, 1.54) is 6.42 Å². The maximum atomic E-state index is 13.0. The Morgan fingerprint density at radius 1 is 1.18 bits per heavy atom. The van der Waals surface area contributed by atoms with Crippen LogP contribution in [0.2, 0.25) is 0 Å². The smallest absolute Gasteiger partial charge is 0.270 e. The number of aromatic nitrogens is 3. The van der Waals surface area contributed by atoms with Crippen molar-refractivity contribution < 1.29 is 9.59 Å². The molecule has 2 N–H and O–H groups in total. The third kappa shape index (κ3) is 4.98. The summed E-state index contributed by atoms with van der Waals surface area (Å²) in [5, 5.41) is 10.0. The second-order valence-electron chi connectivity index (χ2n) is 7.45. The minimum absolute atomic E-state index is 0.0599. The second-order valence-corrected chi connectivity index (χ2v) is 8.37. The standard InChI is InChI=1S/C20H26BrN5O2/c1-13(2)26-16(10-11-23-26)19(27)25-18(14-6-4-3-5-7-14)20(28)24-17-9-8-15(21)12-22-17/h8-14,18H,3-7H2,1-2H3,(H,25,27)(H,22,24,28). The molecule has 2 aromatic heterocycles. The Hall–Kier alpha value is -2.22. The quantitative estimate of drug-likeness (QED) is 0.701. The van der Waals surface area contributed by atoms with Gasteiger partial charge in [0.25, 0.3) is 5.91 Å². The van der Waals surface area contributed by atoms with Crippen molar-refractivity contribution in [1.29, 1.82) is 0 Å². The second kappa shape index (κ2) is 9.32. The van der Waals surface area contributed by atoms with Crippen molar-refractivity contribution in [3.05, 3.63) is 40.8 Å². The first-order chi connectivity index (χ1) is 13.5. The molecule has 1 aliphatic rings. The number of amides is 2. The van der Waals surface area contributed by atoms with Gasteiger partial charge in [0, 0.05) is 22.9 Å². The molecule has 1 saturated carbocycles. The molecular weight excluding hydrogens is 422 g/mol. The van der Waals surface area contributed by atoms with Gasteiger partial charge in [-0.25, -0.2) is 4.98 Å². The van der Waals surface area contributed by atoms with Gasteiger partial charge >= 0.3 is 0 Å². The Labute approximate surface area is 173 Å². The Morgan fingerprint density at radius 2 is 1.93 bits per heavy atom. The first-order valence-electron chi connectivity index (χ1n) is 9.72. The fraction of sp³-hybridized carbons (Fsp3) is 0.500. The van der Waals surface area contributed by atoms with Gasteiger partial charge in [-0.05, 0) is 66.7 Å². The fourth-order valence-electron chi connectivity index (χ4n) is 3.64. The zero-order valence-corrected chi connectivity index (χ0v) is 17.8. The third-order valence-corrected chi connectivity index (χ3v) is 5.53. The molecular formula is C20H26BrN5O2. The summed E-state index contributed by atoms with van der Waals surface area (Å²) in [6.45, 7) is 3.93. The van der Waals surface area contributed by atoms with Crippen LogP contribution in [0, 0.1) is 5.92 Å². The highest BCUT2D eigenvalue weighted by Gasteiger charge is 2.32. The molecule has 0 saturated heterocycles. The number of anilines is 1. The van der Waals surface area contributed by atoms with E-state index < -0.39 is 6.04 Å². The molecule has 0 aromatic carbocycles. The van der Waals surface area contributed by atoms with Gasteiger partial charge in [0.2, 0.25) is 5.91 Å². The molecule has 7 nitrogen and oxygen atoms in total. The van der Waals surface area contributed by atoms with Crippen LogP contribution in [-0.4, -0.2) is 32.6 Å². The van der Waals surface area contributed by atoms with Gasteiger partial charge in [0.15, 0.2) is 0 Å². The van der Waals surface area contributed by atoms with E-state index in [2.05, 4.69) is 36.6 Å². The number of nitrogens with zero attached hydrogens (tertiary/aromatic N) is 3.